The molecule has 1 aliphatic heterocycles. The molecular formula is C25H35NO4. The molecule has 6 unspecified atom stereocenters. The predicted octanol–water partition coefficient (Wildman–Crippen LogP) is 4.88. The summed E-state index contributed by atoms with van der Waals surface area (Å²) < 4.78 is 23.9. The molecule has 1 saturated carbocycles. The molecule has 4 aliphatic carbocycles. The zero-order chi connectivity index (χ0) is 20.9. The topological polar surface area (TPSA) is 60.7 Å². The Morgan fingerprint density at radius 2 is 2.10 bits per heavy atom. The van der Waals surface area contributed by atoms with Gasteiger partial charge in [-0.3, -0.25) is 0 Å². The van der Waals surface area contributed by atoms with E-state index in [0.717, 1.165) is 51.7 Å². The first-order chi connectivity index (χ1) is 14.5. The highest BCUT2D eigenvalue weighted by molar-refractivity contribution is 5.45. The number of allylic oxidation sites excluding steroid dienone is 3. The SMILES string of the molecule is CCOC(C)OC1CC2C3CCC4=C(CCC5(C4)OCCO5)C3=CCC2(C)C1C#N. The first-order valence-corrected chi connectivity index (χ1v) is 11.9. The van der Waals surface area contributed by atoms with Gasteiger partial charge in [0.25, 0.3) is 0 Å². The zero-order valence-electron chi connectivity index (χ0n) is 18.6. The third-order valence-corrected chi connectivity index (χ3v) is 8.55. The maximum Gasteiger partial charge on any atom is 0.172 e. The van der Waals surface area contributed by atoms with Gasteiger partial charge in [-0.1, -0.05) is 18.6 Å². The van der Waals surface area contributed by atoms with Crippen LogP contribution in [0.15, 0.2) is 22.8 Å². The lowest BCUT2D eigenvalue weighted by atomic mass is 9.57. The second kappa shape index (κ2) is 7.74. The van der Waals surface area contributed by atoms with Crippen molar-refractivity contribution in [3.05, 3.63) is 22.8 Å². The molecule has 0 N–H and O–H groups in total. The van der Waals surface area contributed by atoms with E-state index in [1.165, 1.54) is 6.42 Å². The zero-order valence-corrected chi connectivity index (χ0v) is 18.6. The van der Waals surface area contributed by atoms with Crippen molar-refractivity contribution in [3.63, 3.8) is 0 Å². The molecule has 164 valence electrons. The molecule has 6 atom stereocenters. The van der Waals surface area contributed by atoms with Crippen LogP contribution in [0, 0.1) is 34.5 Å². The van der Waals surface area contributed by atoms with Crippen molar-refractivity contribution in [2.75, 3.05) is 19.8 Å². The van der Waals surface area contributed by atoms with Crippen LogP contribution in [0.5, 0.6) is 0 Å². The van der Waals surface area contributed by atoms with Gasteiger partial charge in [0.1, 0.15) is 0 Å². The second-order valence-electron chi connectivity index (χ2n) is 10.0. The molecule has 5 heteroatoms. The third kappa shape index (κ3) is 3.19. The van der Waals surface area contributed by atoms with Gasteiger partial charge < -0.3 is 18.9 Å². The highest BCUT2D eigenvalue weighted by Gasteiger charge is 2.58. The molecule has 1 spiro atoms. The molecule has 0 amide bonds. The van der Waals surface area contributed by atoms with Crippen LogP contribution >= 0.6 is 0 Å². The lowest BCUT2D eigenvalue weighted by Crippen LogP contribution is -2.41. The van der Waals surface area contributed by atoms with Gasteiger partial charge in [0.2, 0.25) is 0 Å². The Labute approximate surface area is 180 Å². The molecule has 5 aliphatic rings. The van der Waals surface area contributed by atoms with Crippen molar-refractivity contribution < 1.29 is 18.9 Å². The van der Waals surface area contributed by atoms with Crippen LogP contribution in [0.25, 0.3) is 0 Å². The van der Waals surface area contributed by atoms with Gasteiger partial charge in [-0.2, -0.15) is 5.26 Å². The van der Waals surface area contributed by atoms with Gasteiger partial charge in [-0.25, -0.2) is 0 Å². The average molecular weight is 414 g/mol. The minimum absolute atomic E-state index is 0.00878. The van der Waals surface area contributed by atoms with Crippen molar-refractivity contribution in [2.45, 2.75) is 83.9 Å². The van der Waals surface area contributed by atoms with Crippen LogP contribution in [-0.2, 0) is 18.9 Å². The highest BCUT2D eigenvalue weighted by atomic mass is 16.7. The summed E-state index contributed by atoms with van der Waals surface area (Å²) in [6, 6.07) is 2.63. The summed E-state index contributed by atoms with van der Waals surface area (Å²) in [4.78, 5) is 0. The minimum atomic E-state index is -0.344. The van der Waals surface area contributed by atoms with E-state index in [2.05, 4.69) is 19.1 Å². The van der Waals surface area contributed by atoms with Crippen molar-refractivity contribution in [3.8, 4) is 6.07 Å². The van der Waals surface area contributed by atoms with Crippen molar-refractivity contribution in [1.82, 2.24) is 0 Å². The van der Waals surface area contributed by atoms with Gasteiger partial charge in [0, 0.05) is 19.4 Å². The van der Waals surface area contributed by atoms with Gasteiger partial charge in [0.05, 0.1) is 31.3 Å². The third-order valence-electron chi connectivity index (χ3n) is 8.55. The molecule has 5 rings (SSSR count). The highest BCUT2D eigenvalue weighted by Crippen LogP contribution is 2.62. The Balaban J connectivity index is 1.39. The molecule has 1 heterocycles. The molecule has 2 fully saturated rings. The summed E-state index contributed by atoms with van der Waals surface area (Å²) in [5.74, 6) is 0.635. The molecule has 0 radical (unpaired) electrons. The first-order valence-electron chi connectivity index (χ1n) is 11.9. The molecule has 0 aromatic rings. The first kappa shape index (κ1) is 20.7. The molecule has 0 aromatic heterocycles. The van der Waals surface area contributed by atoms with Crippen LogP contribution < -0.4 is 0 Å². The second-order valence-corrected chi connectivity index (χ2v) is 10.0. The predicted molar refractivity (Wildman–Crippen MR) is 112 cm³/mol. The molecular weight excluding hydrogens is 378 g/mol. The van der Waals surface area contributed by atoms with E-state index in [1.54, 1.807) is 16.7 Å². The summed E-state index contributed by atoms with van der Waals surface area (Å²) in [6.45, 7) is 8.35. The lowest BCUT2D eigenvalue weighted by molar-refractivity contribution is -0.164. The number of hydrogen-bond acceptors (Lipinski definition) is 5. The normalized spacial score (nSPS) is 40.4. The van der Waals surface area contributed by atoms with Crippen LogP contribution in [-0.4, -0.2) is 38.0 Å². The fourth-order valence-corrected chi connectivity index (χ4v) is 7.17. The van der Waals surface area contributed by atoms with E-state index < -0.39 is 0 Å². The smallest absolute Gasteiger partial charge is 0.172 e. The Kier molecular flexibility index (Phi) is 5.34. The summed E-state index contributed by atoms with van der Waals surface area (Å²) in [6.07, 6.45) is 9.39. The molecule has 0 bridgehead atoms. The molecule has 1 saturated heterocycles. The minimum Gasteiger partial charge on any atom is -0.353 e. The van der Waals surface area contributed by atoms with E-state index in [4.69, 9.17) is 18.9 Å². The number of nitriles is 1. The fourth-order valence-electron chi connectivity index (χ4n) is 7.17. The lowest BCUT2D eigenvalue weighted by Gasteiger charge is -2.48. The van der Waals surface area contributed by atoms with E-state index >= 15 is 0 Å². The monoisotopic (exact) mass is 413 g/mol. The fraction of sp³-hybridized carbons (Fsp3) is 0.800. The summed E-state index contributed by atoms with van der Waals surface area (Å²) >= 11 is 0. The number of rotatable bonds is 4. The van der Waals surface area contributed by atoms with Crippen LogP contribution in [0.2, 0.25) is 0 Å². The maximum absolute atomic E-state index is 10.1. The van der Waals surface area contributed by atoms with Crippen molar-refractivity contribution >= 4 is 0 Å². The van der Waals surface area contributed by atoms with Gasteiger partial charge in [-0.15, -0.1) is 0 Å². The van der Waals surface area contributed by atoms with Crippen LogP contribution in [0.4, 0.5) is 0 Å². The van der Waals surface area contributed by atoms with E-state index in [9.17, 15) is 5.26 Å². The maximum atomic E-state index is 10.1. The standard InChI is InChI=1S/C25H35NO4/c1-4-27-16(2)30-23-13-21-20-6-5-17-14-25(28-11-12-29-25)10-8-18(17)19(20)7-9-24(21,3)22(23)15-26/h7,16,20-23H,4-6,8-14H2,1-3H3. The van der Waals surface area contributed by atoms with Crippen LogP contribution in [0.3, 0.4) is 0 Å². The van der Waals surface area contributed by atoms with E-state index in [-0.39, 0.29) is 29.5 Å². The molecule has 5 nitrogen and oxygen atoms in total. The summed E-state index contributed by atoms with van der Waals surface area (Å²) in [5, 5.41) is 10.1. The largest absolute Gasteiger partial charge is 0.353 e. The number of fused-ring (bicyclic) bond motifs is 4. The number of nitrogens with zero attached hydrogens (tertiary/aromatic N) is 1. The quantitative estimate of drug-likeness (QED) is 0.615. The number of hydrogen-bond donors (Lipinski definition) is 0. The average Bonchev–Trinajstić information content (AvgIpc) is 3.29. The summed E-state index contributed by atoms with van der Waals surface area (Å²) in [5.41, 5.74) is 4.70. The number of ether oxygens (including phenoxy) is 4. The van der Waals surface area contributed by atoms with E-state index in [0.29, 0.717) is 18.4 Å². The van der Waals surface area contributed by atoms with E-state index in [1.807, 2.05) is 13.8 Å². The Morgan fingerprint density at radius 3 is 2.83 bits per heavy atom. The van der Waals surface area contributed by atoms with Gasteiger partial charge in [-0.05, 0) is 74.3 Å². The van der Waals surface area contributed by atoms with Gasteiger partial charge in [0.15, 0.2) is 12.1 Å². The molecule has 0 aromatic carbocycles. The Morgan fingerprint density at radius 1 is 1.30 bits per heavy atom. The summed E-state index contributed by atoms with van der Waals surface area (Å²) in [7, 11) is 0. The molecule has 30 heavy (non-hydrogen) atoms. The van der Waals surface area contributed by atoms with Crippen molar-refractivity contribution in [2.24, 2.45) is 23.2 Å². The van der Waals surface area contributed by atoms with Crippen molar-refractivity contribution in [1.29, 1.82) is 5.26 Å². The van der Waals surface area contributed by atoms with Crippen LogP contribution in [0.1, 0.15) is 65.7 Å². The Hall–Kier alpha value is -1.19. The Bertz CT molecular complexity index is 789. The van der Waals surface area contributed by atoms with Gasteiger partial charge >= 0.3 is 0 Å².